The van der Waals surface area contributed by atoms with Crippen molar-refractivity contribution in [3.63, 3.8) is 0 Å². The number of carbonyl (C=O) groups is 2. The molecule has 0 unspecified atom stereocenters. The van der Waals surface area contributed by atoms with E-state index in [-0.39, 0.29) is 24.7 Å². The minimum absolute atomic E-state index is 0.0977. The molecule has 2 N–H and O–H groups in total. The third kappa shape index (κ3) is 5.58. The summed E-state index contributed by atoms with van der Waals surface area (Å²) in [7, 11) is 0. The van der Waals surface area contributed by atoms with Crippen molar-refractivity contribution in [2.75, 3.05) is 5.32 Å². The molecule has 0 radical (unpaired) electrons. The predicted molar refractivity (Wildman–Crippen MR) is 84.4 cm³/mol. The zero-order valence-electron chi connectivity index (χ0n) is 11.3. The first kappa shape index (κ1) is 14.9. The third-order valence-corrected chi connectivity index (χ3v) is 3.37. The fourth-order valence-electron chi connectivity index (χ4n) is 1.56. The van der Waals surface area contributed by atoms with Crippen LogP contribution in [0.3, 0.4) is 0 Å². The van der Waals surface area contributed by atoms with Crippen molar-refractivity contribution in [1.82, 2.24) is 5.43 Å². The van der Waals surface area contributed by atoms with E-state index in [1.54, 1.807) is 18.3 Å². The molecular weight excluding hydrogens is 286 g/mol. The number of rotatable bonds is 6. The van der Waals surface area contributed by atoms with E-state index in [4.69, 9.17) is 0 Å². The standard InChI is InChI=1S/C15H15N3O2S/c19-14(17-12-5-2-1-3-6-12)8-9-15(20)18-16-11-13-7-4-10-21-13/h1-7,10-11H,8-9H2,(H,17,19)(H,18,20)/b16-11-. The Labute approximate surface area is 126 Å². The number of amides is 2. The van der Waals surface area contributed by atoms with Crippen LogP contribution in [-0.2, 0) is 9.59 Å². The minimum atomic E-state index is -0.286. The monoisotopic (exact) mass is 301 g/mol. The van der Waals surface area contributed by atoms with Crippen LogP contribution in [0.2, 0.25) is 0 Å². The second-order valence-electron chi connectivity index (χ2n) is 4.22. The predicted octanol–water partition coefficient (Wildman–Crippen LogP) is 2.62. The number of nitrogens with one attached hydrogen (secondary N) is 2. The maximum Gasteiger partial charge on any atom is 0.240 e. The molecule has 0 atom stereocenters. The van der Waals surface area contributed by atoms with Crippen molar-refractivity contribution >= 4 is 35.1 Å². The Morgan fingerprint density at radius 3 is 2.52 bits per heavy atom. The molecule has 1 aromatic carbocycles. The molecule has 5 nitrogen and oxygen atoms in total. The van der Waals surface area contributed by atoms with Gasteiger partial charge in [0, 0.05) is 23.4 Å². The zero-order chi connectivity index (χ0) is 14.9. The molecule has 2 rings (SSSR count). The molecule has 0 saturated carbocycles. The van der Waals surface area contributed by atoms with E-state index in [2.05, 4.69) is 15.8 Å². The van der Waals surface area contributed by atoms with Gasteiger partial charge >= 0.3 is 0 Å². The number of hydrogen-bond acceptors (Lipinski definition) is 4. The van der Waals surface area contributed by atoms with Crippen molar-refractivity contribution in [2.24, 2.45) is 5.10 Å². The average molecular weight is 301 g/mol. The molecule has 21 heavy (non-hydrogen) atoms. The Morgan fingerprint density at radius 2 is 1.81 bits per heavy atom. The lowest BCUT2D eigenvalue weighted by atomic mass is 10.2. The number of benzene rings is 1. The fraction of sp³-hybridized carbons (Fsp3) is 0.133. The van der Waals surface area contributed by atoms with Gasteiger partial charge < -0.3 is 5.32 Å². The Bertz CT molecular complexity index is 609. The van der Waals surface area contributed by atoms with Crippen LogP contribution in [0.25, 0.3) is 0 Å². The number of carbonyl (C=O) groups excluding carboxylic acids is 2. The lowest BCUT2D eigenvalue weighted by Gasteiger charge is -2.04. The van der Waals surface area contributed by atoms with Gasteiger partial charge in [-0.15, -0.1) is 11.3 Å². The topological polar surface area (TPSA) is 70.6 Å². The minimum Gasteiger partial charge on any atom is -0.326 e. The van der Waals surface area contributed by atoms with Gasteiger partial charge in [0.15, 0.2) is 0 Å². The van der Waals surface area contributed by atoms with Crippen LogP contribution in [0.15, 0.2) is 52.9 Å². The highest BCUT2D eigenvalue weighted by atomic mass is 32.1. The number of hydrazone groups is 1. The van der Waals surface area contributed by atoms with Crippen molar-refractivity contribution in [1.29, 1.82) is 0 Å². The molecule has 1 aromatic heterocycles. The smallest absolute Gasteiger partial charge is 0.240 e. The molecular formula is C15H15N3O2S. The molecule has 0 aliphatic carbocycles. The van der Waals surface area contributed by atoms with E-state index >= 15 is 0 Å². The lowest BCUT2D eigenvalue weighted by Crippen LogP contribution is -2.20. The highest BCUT2D eigenvalue weighted by molar-refractivity contribution is 7.11. The Hall–Kier alpha value is -2.47. The molecule has 2 aromatic rings. The van der Waals surface area contributed by atoms with E-state index in [1.807, 2.05) is 35.7 Å². The number of para-hydroxylation sites is 1. The summed E-state index contributed by atoms with van der Waals surface area (Å²) in [5.74, 6) is -0.482. The molecule has 6 heteroatoms. The van der Waals surface area contributed by atoms with Crippen LogP contribution in [0.4, 0.5) is 5.69 Å². The van der Waals surface area contributed by atoms with Gasteiger partial charge in [-0.25, -0.2) is 5.43 Å². The van der Waals surface area contributed by atoms with E-state index < -0.39 is 0 Å². The SMILES string of the molecule is O=C(CCC(=O)Nc1ccccc1)N/N=C\c1cccs1. The first-order valence-electron chi connectivity index (χ1n) is 6.44. The summed E-state index contributed by atoms with van der Waals surface area (Å²) in [6.07, 6.45) is 1.79. The van der Waals surface area contributed by atoms with E-state index in [0.29, 0.717) is 0 Å². The summed E-state index contributed by atoms with van der Waals surface area (Å²) >= 11 is 1.53. The number of thiophene rings is 1. The number of nitrogens with zero attached hydrogens (tertiary/aromatic N) is 1. The number of anilines is 1. The molecule has 2 amide bonds. The molecule has 0 bridgehead atoms. The van der Waals surface area contributed by atoms with Crippen molar-refractivity contribution < 1.29 is 9.59 Å². The van der Waals surface area contributed by atoms with Crippen LogP contribution in [0, 0.1) is 0 Å². The van der Waals surface area contributed by atoms with Crippen molar-refractivity contribution in [2.45, 2.75) is 12.8 Å². The summed E-state index contributed by atoms with van der Waals surface area (Å²) in [6, 6.07) is 12.9. The maximum atomic E-state index is 11.6. The molecule has 1 heterocycles. The van der Waals surface area contributed by atoms with Crippen LogP contribution in [0.5, 0.6) is 0 Å². The quantitative estimate of drug-likeness (QED) is 0.636. The van der Waals surface area contributed by atoms with Gasteiger partial charge in [-0.05, 0) is 23.6 Å². The largest absolute Gasteiger partial charge is 0.326 e. The van der Waals surface area contributed by atoms with E-state index in [1.165, 1.54) is 11.3 Å². The van der Waals surface area contributed by atoms with E-state index in [9.17, 15) is 9.59 Å². The Balaban J connectivity index is 1.68. The summed E-state index contributed by atoms with van der Waals surface area (Å²) in [5, 5.41) is 8.48. The van der Waals surface area contributed by atoms with Crippen molar-refractivity contribution in [3.05, 3.63) is 52.7 Å². The van der Waals surface area contributed by atoms with Crippen LogP contribution >= 0.6 is 11.3 Å². The van der Waals surface area contributed by atoms with Gasteiger partial charge in [0.2, 0.25) is 11.8 Å². The first-order chi connectivity index (χ1) is 10.2. The van der Waals surface area contributed by atoms with Gasteiger partial charge in [0.05, 0.1) is 6.21 Å². The average Bonchev–Trinajstić information content (AvgIpc) is 2.99. The van der Waals surface area contributed by atoms with Crippen LogP contribution in [0.1, 0.15) is 17.7 Å². The Morgan fingerprint density at radius 1 is 1.05 bits per heavy atom. The first-order valence-corrected chi connectivity index (χ1v) is 7.32. The zero-order valence-corrected chi connectivity index (χ0v) is 12.1. The molecule has 0 spiro atoms. The van der Waals surface area contributed by atoms with Crippen LogP contribution in [-0.4, -0.2) is 18.0 Å². The normalized spacial score (nSPS) is 10.5. The van der Waals surface area contributed by atoms with Gasteiger partial charge in [0.25, 0.3) is 0 Å². The van der Waals surface area contributed by atoms with Gasteiger partial charge in [-0.1, -0.05) is 24.3 Å². The molecule has 108 valence electrons. The molecule has 0 saturated heterocycles. The molecule has 0 aliphatic heterocycles. The maximum absolute atomic E-state index is 11.6. The van der Waals surface area contributed by atoms with Gasteiger partial charge in [-0.3, -0.25) is 9.59 Å². The summed E-state index contributed by atoms with van der Waals surface area (Å²) in [4.78, 5) is 24.1. The Kier molecular flexibility index (Phi) is 5.66. The lowest BCUT2D eigenvalue weighted by molar-refractivity contribution is -0.124. The third-order valence-electron chi connectivity index (χ3n) is 2.56. The summed E-state index contributed by atoms with van der Waals surface area (Å²) in [5.41, 5.74) is 3.12. The second-order valence-corrected chi connectivity index (χ2v) is 5.20. The summed E-state index contributed by atoms with van der Waals surface area (Å²) < 4.78 is 0. The van der Waals surface area contributed by atoms with Gasteiger partial charge in [0.1, 0.15) is 0 Å². The van der Waals surface area contributed by atoms with E-state index in [0.717, 1.165) is 10.6 Å². The highest BCUT2D eigenvalue weighted by Crippen LogP contribution is 2.06. The van der Waals surface area contributed by atoms with Gasteiger partial charge in [-0.2, -0.15) is 5.10 Å². The van der Waals surface area contributed by atoms with Crippen molar-refractivity contribution in [3.8, 4) is 0 Å². The molecule has 0 fully saturated rings. The number of hydrogen-bond donors (Lipinski definition) is 2. The molecule has 0 aliphatic rings. The second kappa shape index (κ2) is 7.96. The summed E-state index contributed by atoms with van der Waals surface area (Å²) in [6.45, 7) is 0. The highest BCUT2D eigenvalue weighted by Gasteiger charge is 2.06. The van der Waals surface area contributed by atoms with Crippen LogP contribution < -0.4 is 10.7 Å². The fourth-order valence-corrected chi connectivity index (χ4v) is 2.15.